The SMILES string of the molecule is CN(Cc1ccc(N(C)C)cc1)C(=O)c1ccc(N)cn1. The van der Waals surface area contributed by atoms with Gasteiger partial charge >= 0.3 is 0 Å². The molecule has 0 aliphatic carbocycles. The summed E-state index contributed by atoms with van der Waals surface area (Å²) in [4.78, 5) is 20.0. The van der Waals surface area contributed by atoms with Gasteiger partial charge in [0.1, 0.15) is 5.69 Å². The minimum absolute atomic E-state index is 0.119. The van der Waals surface area contributed by atoms with Gasteiger partial charge in [-0.25, -0.2) is 4.98 Å². The summed E-state index contributed by atoms with van der Waals surface area (Å²) in [6.45, 7) is 0.540. The predicted molar refractivity (Wildman–Crippen MR) is 85.2 cm³/mol. The first-order chi connectivity index (χ1) is 9.97. The first kappa shape index (κ1) is 14.8. The smallest absolute Gasteiger partial charge is 0.272 e. The monoisotopic (exact) mass is 284 g/mol. The van der Waals surface area contributed by atoms with E-state index >= 15 is 0 Å². The molecular formula is C16H20N4O. The van der Waals surface area contributed by atoms with E-state index < -0.39 is 0 Å². The number of benzene rings is 1. The number of pyridine rings is 1. The number of aromatic nitrogens is 1. The molecule has 1 aromatic heterocycles. The summed E-state index contributed by atoms with van der Waals surface area (Å²) >= 11 is 0. The third-order valence-electron chi connectivity index (χ3n) is 3.22. The van der Waals surface area contributed by atoms with Gasteiger partial charge in [0.2, 0.25) is 0 Å². The summed E-state index contributed by atoms with van der Waals surface area (Å²) in [5, 5.41) is 0. The van der Waals surface area contributed by atoms with Crippen LogP contribution in [0.2, 0.25) is 0 Å². The Hall–Kier alpha value is -2.56. The summed E-state index contributed by atoms with van der Waals surface area (Å²) in [7, 11) is 5.76. The van der Waals surface area contributed by atoms with Gasteiger partial charge in [-0.2, -0.15) is 0 Å². The van der Waals surface area contributed by atoms with Crippen LogP contribution in [-0.4, -0.2) is 36.9 Å². The summed E-state index contributed by atoms with van der Waals surface area (Å²) < 4.78 is 0. The number of carbonyl (C=O) groups is 1. The minimum Gasteiger partial charge on any atom is -0.397 e. The molecule has 0 radical (unpaired) electrons. The molecule has 1 heterocycles. The van der Waals surface area contributed by atoms with Gasteiger partial charge in [0.25, 0.3) is 5.91 Å². The Labute approximate surface area is 125 Å². The first-order valence-electron chi connectivity index (χ1n) is 6.70. The van der Waals surface area contributed by atoms with Crippen molar-refractivity contribution in [2.24, 2.45) is 0 Å². The Morgan fingerprint density at radius 2 is 1.76 bits per heavy atom. The van der Waals surface area contributed by atoms with Crippen LogP contribution in [0.25, 0.3) is 0 Å². The van der Waals surface area contributed by atoms with E-state index in [0.717, 1.165) is 11.3 Å². The molecule has 0 saturated heterocycles. The Kier molecular flexibility index (Phi) is 4.42. The van der Waals surface area contributed by atoms with Gasteiger partial charge in [-0.05, 0) is 29.8 Å². The quantitative estimate of drug-likeness (QED) is 0.933. The highest BCUT2D eigenvalue weighted by molar-refractivity contribution is 5.92. The molecule has 0 atom stereocenters. The molecule has 5 nitrogen and oxygen atoms in total. The van der Waals surface area contributed by atoms with Gasteiger partial charge in [0.15, 0.2) is 0 Å². The van der Waals surface area contributed by atoms with Gasteiger partial charge in [-0.1, -0.05) is 12.1 Å². The normalized spacial score (nSPS) is 10.2. The molecule has 1 amide bonds. The van der Waals surface area contributed by atoms with E-state index in [1.807, 2.05) is 43.3 Å². The van der Waals surface area contributed by atoms with Crippen LogP contribution in [0, 0.1) is 0 Å². The molecule has 2 N–H and O–H groups in total. The van der Waals surface area contributed by atoms with Crippen molar-refractivity contribution < 1.29 is 4.79 Å². The lowest BCUT2D eigenvalue weighted by molar-refractivity contribution is 0.0779. The van der Waals surface area contributed by atoms with Gasteiger partial charge in [0, 0.05) is 33.4 Å². The molecular weight excluding hydrogens is 264 g/mol. The molecule has 21 heavy (non-hydrogen) atoms. The zero-order valence-electron chi connectivity index (χ0n) is 12.6. The second kappa shape index (κ2) is 6.26. The maximum atomic E-state index is 12.2. The Bertz CT molecular complexity index is 605. The molecule has 2 rings (SSSR count). The van der Waals surface area contributed by atoms with E-state index in [0.29, 0.717) is 17.9 Å². The topological polar surface area (TPSA) is 62.5 Å². The van der Waals surface area contributed by atoms with Gasteiger partial charge in [-0.3, -0.25) is 4.79 Å². The molecule has 0 aliphatic heterocycles. The predicted octanol–water partition coefficient (Wildman–Crippen LogP) is 2.00. The number of hydrogen-bond donors (Lipinski definition) is 1. The molecule has 2 aromatic rings. The van der Waals surface area contributed by atoms with Crippen LogP contribution in [0.4, 0.5) is 11.4 Å². The Morgan fingerprint density at radius 3 is 2.29 bits per heavy atom. The van der Waals surface area contributed by atoms with Gasteiger partial charge < -0.3 is 15.5 Å². The van der Waals surface area contributed by atoms with Gasteiger partial charge in [-0.15, -0.1) is 0 Å². The minimum atomic E-state index is -0.119. The molecule has 1 aromatic carbocycles. The number of hydrogen-bond acceptors (Lipinski definition) is 4. The number of nitrogens with two attached hydrogens (primary N) is 1. The fourth-order valence-corrected chi connectivity index (χ4v) is 1.97. The highest BCUT2D eigenvalue weighted by atomic mass is 16.2. The fourth-order valence-electron chi connectivity index (χ4n) is 1.97. The average Bonchev–Trinajstić information content (AvgIpc) is 2.47. The molecule has 0 spiro atoms. The van der Waals surface area contributed by atoms with E-state index in [-0.39, 0.29) is 5.91 Å². The van der Waals surface area contributed by atoms with Crippen molar-refractivity contribution in [1.82, 2.24) is 9.88 Å². The highest BCUT2D eigenvalue weighted by Gasteiger charge is 2.13. The number of nitrogens with zero attached hydrogens (tertiary/aromatic N) is 3. The molecule has 0 unspecified atom stereocenters. The summed E-state index contributed by atoms with van der Waals surface area (Å²) in [6.07, 6.45) is 1.49. The third kappa shape index (κ3) is 3.72. The first-order valence-corrected chi connectivity index (χ1v) is 6.70. The molecule has 110 valence electrons. The fraction of sp³-hybridized carbons (Fsp3) is 0.250. The highest BCUT2D eigenvalue weighted by Crippen LogP contribution is 2.14. The molecule has 5 heteroatoms. The van der Waals surface area contributed by atoms with E-state index in [9.17, 15) is 4.79 Å². The van der Waals surface area contributed by atoms with Crippen LogP contribution in [0.3, 0.4) is 0 Å². The summed E-state index contributed by atoms with van der Waals surface area (Å²) in [6, 6.07) is 11.4. The number of anilines is 2. The van der Waals surface area contributed by atoms with Gasteiger partial charge in [0.05, 0.1) is 11.9 Å². The van der Waals surface area contributed by atoms with E-state index in [1.54, 1.807) is 24.1 Å². The Morgan fingerprint density at radius 1 is 1.10 bits per heavy atom. The number of amides is 1. The molecule has 0 fully saturated rings. The van der Waals surface area contributed by atoms with E-state index in [2.05, 4.69) is 4.98 Å². The van der Waals surface area contributed by atoms with Crippen LogP contribution in [0.15, 0.2) is 42.6 Å². The van der Waals surface area contributed by atoms with Crippen LogP contribution >= 0.6 is 0 Å². The zero-order chi connectivity index (χ0) is 15.4. The maximum Gasteiger partial charge on any atom is 0.272 e. The standard InChI is InChI=1S/C16H20N4O/c1-19(2)14-7-4-12(5-8-14)11-20(3)16(21)15-9-6-13(17)10-18-15/h4-10H,11,17H2,1-3H3. The third-order valence-corrected chi connectivity index (χ3v) is 3.22. The molecule has 0 aliphatic rings. The van der Waals surface area contributed by atoms with Crippen molar-refractivity contribution in [3.63, 3.8) is 0 Å². The summed E-state index contributed by atoms with van der Waals surface area (Å²) in [5.74, 6) is -0.119. The lowest BCUT2D eigenvalue weighted by Crippen LogP contribution is -2.27. The lowest BCUT2D eigenvalue weighted by Gasteiger charge is -2.18. The van der Waals surface area contributed by atoms with Crippen LogP contribution < -0.4 is 10.6 Å². The second-order valence-electron chi connectivity index (χ2n) is 5.20. The number of rotatable bonds is 4. The average molecular weight is 284 g/mol. The van der Waals surface area contributed by atoms with Crippen molar-refractivity contribution in [3.8, 4) is 0 Å². The number of carbonyl (C=O) groups excluding carboxylic acids is 1. The number of nitrogen functional groups attached to an aromatic ring is 1. The summed E-state index contributed by atoms with van der Waals surface area (Å²) in [5.41, 5.74) is 8.73. The zero-order valence-corrected chi connectivity index (χ0v) is 12.6. The second-order valence-corrected chi connectivity index (χ2v) is 5.20. The van der Waals surface area contributed by atoms with E-state index in [4.69, 9.17) is 5.73 Å². The maximum absolute atomic E-state index is 12.2. The molecule has 0 saturated carbocycles. The van der Waals surface area contributed by atoms with Crippen LogP contribution in [-0.2, 0) is 6.54 Å². The Balaban J connectivity index is 2.05. The lowest BCUT2D eigenvalue weighted by atomic mass is 10.2. The van der Waals surface area contributed by atoms with Crippen LogP contribution in [0.5, 0.6) is 0 Å². The largest absolute Gasteiger partial charge is 0.397 e. The van der Waals surface area contributed by atoms with Crippen molar-refractivity contribution in [2.75, 3.05) is 31.8 Å². The van der Waals surface area contributed by atoms with Crippen LogP contribution in [0.1, 0.15) is 16.1 Å². The van der Waals surface area contributed by atoms with E-state index in [1.165, 1.54) is 6.20 Å². The van der Waals surface area contributed by atoms with Crippen molar-refractivity contribution in [1.29, 1.82) is 0 Å². The van der Waals surface area contributed by atoms with Crippen molar-refractivity contribution >= 4 is 17.3 Å². The van der Waals surface area contributed by atoms with Crippen molar-refractivity contribution in [2.45, 2.75) is 6.54 Å². The molecule has 0 bridgehead atoms. The van der Waals surface area contributed by atoms with Crippen molar-refractivity contribution in [3.05, 3.63) is 53.9 Å².